The number of rotatable bonds is 8. The Bertz CT molecular complexity index is 819. The van der Waals surface area contributed by atoms with Crippen molar-refractivity contribution in [1.82, 2.24) is 10.2 Å². The van der Waals surface area contributed by atoms with E-state index in [0.717, 1.165) is 18.6 Å². The molecule has 7 nitrogen and oxygen atoms in total. The number of anilines is 1. The summed E-state index contributed by atoms with van der Waals surface area (Å²) in [5.74, 6) is 1.36. The van der Waals surface area contributed by atoms with E-state index < -0.39 is 0 Å². The Morgan fingerprint density at radius 1 is 1.11 bits per heavy atom. The molecular weight excluding hydrogens is 358 g/mol. The van der Waals surface area contributed by atoms with Crippen molar-refractivity contribution in [1.29, 1.82) is 0 Å². The lowest BCUT2D eigenvalue weighted by atomic mass is 10.2. The number of methoxy groups -OCH3 is 1. The Kier molecular flexibility index (Phi) is 6.37. The van der Waals surface area contributed by atoms with Crippen LogP contribution in [0.2, 0.25) is 0 Å². The zero-order valence-electron chi connectivity index (χ0n) is 16.1. The standard InChI is InChI=1S/C21H25N3O4/c1-24(12-13-28-19-10-8-18(27-2)9-11-19)21(26)23-17-5-3-4-15(14-17)20(25)22-16-6-7-16/h3-5,8-11,14,16H,6-7,12-13H2,1-2H3,(H,22,25)(H,23,26). The van der Waals surface area contributed by atoms with E-state index in [9.17, 15) is 9.59 Å². The molecule has 0 radical (unpaired) electrons. The first kappa shape index (κ1) is 19.5. The summed E-state index contributed by atoms with van der Waals surface area (Å²) in [6, 6.07) is 14.2. The predicted molar refractivity (Wildman–Crippen MR) is 107 cm³/mol. The van der Waals surface area contributed by atoms with Crippen molar-refractivity contribution in [2.45, 2.75) is 18.9 Å². The fourth-order valence-corrected chi connectivity index (χ4v) is 2.53. The van der Waals surface area contributed by atoms with Gasteiger partial charge in [0.05, 0.1) is 13.7 Å². The normalized spacial score (nSPS) is 12.8. The van der Waals surface area contributed by atoms with Gasteiger partial charge in [-0.05, 0) is 55.3 Å². The highest BCUT2D eigenvalue weighted by molar-refractivity contribution is 5.97. The summed E-state index contributed by atoms with van der Waals surface area (Å²) in [5, 5.41) is 5.74. The highest BCUT2D eigenvalue weighted by atomic mass is 16.5. The van der Waals surface area contributed by atoms with Crippen molar-refractivity contribution in [3.05, 3.63) is 54.1 Å². The molecule has 2 N–H and O–H groups in total. The number of ether oxygens (including phenoxy) is 2. The second-order valence-electron chi connectivity index (χ2n) is 6.70. The van der Waals surface area contributed by atoms with Gasteiger partial charge in [-0.1, -0.05) is 6.07 Å². The fraction of sp³-hybridized carbons (Fsp3) is 0.333. The Balaban J connectivity index is 1.46. The number of amides is 3. The summed E-state index contributed by atoms with van der Waals surface area (Å²) in [4.78, 5) is 26.0. The molecule has 3 rings (SSSR count). The Morgan fingerprint density at radius 2 is 1.82 bits per heavy atom. The molecule has 1 fully saturated rings. The van der Waals surface area contributed by atoms with Crippen molar-refractivity contribution in [2.75, 3.05) is 32.6 Å². The van der Waals surface area contributed by atoms with E-state index in [1.807, 2.05) is 24.3 Å². The molecule has 0 unspecified atom stereocenters. The molecule has 2 aromatic carbocycles. The van der Waals surface area contributed by atoms with Crippen LogP contribution in [0.5, 0.6) is 11.5 Å². The van der Waals surface area contributed by atoms with Crippen molar-refractivity contribution >= 4 is 17.6 Å². The second-order valence-corrected chi connectivity index (χ2v) is 6.70. The van der Waals surface area contributed by atoms with Crippen molar-refractivity contribution in [3.63, 3.8) is 0 Å². The Morgan fingerprint density at radius 3 is 2.50 bits per heavy atom. The first-order valence-electron chi connectivity index (χ1n) is 9.25. The van der Waals surface area contributed by atoms with E-state index in [-0.39, 0.29) is 11.9 Å². The van der Waals surface area contributed by atoms with Crippen molar-refractivity contribution in [2.24, 2.45) is 0 Å². The lowest BCUT2D eigenvalue weighted by Crippen LogP contribution is -2.34. The summed E-state index contributed by atoms with van der Waals surface area (Å²) < 4.78 is 10.7. The molecule has 0 bridgehead atoms. The molecule has 1 saturated carbocycles. The van der Waals surface area contributed by atoms with Gasteiger partial charge in [-0.15, -0.1) is 0 Å². The molecule has 0 spiro atoms. The molecule has 3 amide bonds. The monoisotopic (exact) mass is 383 g/mol. The lowest BCUT2D eigenvalue weighted by molar-refractivity contribution is 0.0951. The van der Waals surface area contributed by atoms with E-state index in [1.54, 1.807) is 38.4 Å². The molecule has 1 aliphatic rings. The van der Waals surface area contributed by atoms with Crippen LogP contribution < -0.4 is 20.1 Å². The summed E-state index contributed by atoms with van der Waals surface area (Å²) in [6.07, 6.45) is 2.07. The van der Waals surface area contributed by atoms with Crippen LogP contribution in [-0.2, 0) is 0 Å². The van der Waals surface area contributed by atoms with Gasteiger partial charge in [-0.3, -0.25) is 4.79 Å². The van der Waals surface area contributed by atoms with Gasteiger partial charge in [0.25, 0.3) is 5.91 Å². The Labute approximate surface area is 164 Å². The van der Waals surface area contributed by atoms with E-state index in [4.69, 9.17) is 9.47 Å². The van der Waals surface area contributed by atoms with Gasteiger partial charge in [0.2, 0.25) is 0 Å². The van der Waals surface area contributed by atoms with Crippen LogP contribution in [0.1, 0.15) is 23.2 Å². The lowest BCUT2D eigenvalue weighted by Gasteiger charge is -2.18. The molecule has 2 aromatic rings. The fourth-order valence-electron chi connectivity index (χ4n) is 2.53. The molecule has 0 aromatic heterocycles. The van der Waals surface area contributed by atoms with Crippen LogP contribution in [0, 0.1) is 0 Å². The number of carbonyl (C=O) groups excluding carboxylic acids is 2. The third kappa shape index (κ3) is 5.64. The van der Waals surface area contributed by atoms with Gasteiger partial charge >= 0.3 is 6.03 Å². The quantitative estimate of drug-likeness (QED) is 0.734. The molecule has 28 heavy (non-hydrogen) atoms. The van der Waals surface area contributed by atoms with Crippen LogP contribution in [-0.4, -0.2) is 50.2 Å². The van der Waals surface area contributed by atoms with Crippen molar-refractivity contribution < 1.29 is 19.1 Å². The van der Waals surface area contributed by atoms with Gasteiger partial charge in [-0.2, -0.15) is 0 Å². The molecule has 7 heteroatoms. The SMILES string of the molecule is COc1ccc(OCCN(C)C(=O)Nc2cccc(C(=O)NC3CC3)c2)cc1. The minimum Gasteiger partial charge on any atom is -0.497 e. The Hall–Kier alpha value is -3.22. The average Bonchev–Trinajstić information content (AvgIpc) is 3.52. The van der Waals surface area contributed by atoms with Gasteiger partial charge in [0.1, 0.15) is 18.1 Å². The molecule has 0 saturated heterocycles. The van der Waals surface area contributed by atoms with Crippen LogP contribution in [0.4, 0.5) is 10.5 Å². The first-order chi connectivity index (χ1) is 13.5. The number of hydrogen-bond donors (Lipinski definition) is 2. The smallest absolute Gasteiger partial charge is 0.321 e. The minimum atomic E-state index is -0.266. The molecule has 0 aliphatic heterocycles. The summed E-state index contributed by atoms with van der Waals surface area (Å²) in [5.41, 5.74) is 1.12. The van der Waals surface area contributed by atoms with Crippen LogP contribution in [0.15, 0.2) is 48.5 Å². The van der Waals surface area contributed by atoms with Gasteiger partial charge in [0.15, 0.2) is 0 Å². The van der Waals surface area contributed by atoms with Gasteiger partial charge in [-0.25, -0.2) is 4.79 Å². The maximum absolute atomic E-state index is 12.3. The maximum Gasteiger partial charge on any atom is 0.321 e. The number of likely N-dealkylation sites (N-methyl/N-ethyl adjacent to an activating group) is 1. The minimum absolute atomic E-state index is 0.111. The third-order valence-corrected chi connectivity index (χ3v) is 4.39. The second kappa shape index (κ2) is 9.12. The van der Waals surface area contributed by atoms with E-state index in [1.165, 1.54) is 4.90 Å². The number of urea groups is 1. The number of carbonyl (C=O) groups is 2. The van der Waals surface area contributed by atoms with Crippen LogP contribution in [0.25, 0.3) is 0 Å². The summed E-state index contributed by atoms with van der Waals surface area (Å²) >= 11 is 0. The first-order valence-corrected chi connectivity index (χ1v) is 9.25. The highest BCUT2D eigenvalue weighted by Gasteiger charge is 2.23. The molecule has 1 aliphatic carbocycles. The molecule has 0 atom stereocenters. The number of benzene rings is 2. The number of nitrogens with one attached hydrogen (secondary N) is 2. The zero-order valence-corrected chi connectivity index (χ0v) is 16.1. The number of nitrogens with zero attached hydrogens (tertiary/aromatic N) is 1. The van der Waals surface area contributed by atoms with Crippen LogP contribution in [0.3, 0.4) is 0 Å². The zero-order chi connectivity index (χ0) is 19.9. The van der Waals surface area contributed by atoms with Gasteiger partial charge < -0.3 is 25.0 Å². The maximum atomic E-state index is 12.3. The molecule has 0 heterocycles. The topological polar surface area (TPSA) is 79.9 Å². The highest BCUT2D eigenvalue weighted by Crippen LogP contribution is 2.20. The van der Waals surface area contributed by atoms with E-state index in [0.29, 0.717) is 36.2 Å². The summed E-state index contributed by atoms with van der Waals surface area (Å²) in [6.45, 7) is 0.778. The molecule has 148 valence electrons. The van der Waals surface area contributed by atoms with Crippen LogP contribution >= 0.6 is 0 Å². The summed E-state index contributed by atoms with van der Waals surface area (Å²) in [7, 11) is 3.30. The third-order valence-electron chi connectivity index (χ3n) is 4.39. The van der Waals surface area contributed by atoms with E-state index in [2.05, 4.69) is 10.6 Å². The molecular formula is C21H25N3O4. The number of hydrogen-bond acceptors (Lipinski definition) is 4. The average molecular weight is 383 g/mol. The van der Waals surface area contributed by atoms with Crippen molar-refractivity contribution in [3.8, 4) is 11.5 Å². The predicted octanol–water partition coefficient (Wildman–Crippen LogP) is 3.13. The van der Waals surface area contributed by atoms with E-state index >= 15 is 0 Å². The largest absolute Gasteiger partial charge is 0.497 e. The van der Waals surface area contributed by atoms with Gasteiger partial charge in [0, 0.05) is 24.3 Å².